The lowest BCUT2D eigenvalue weighted by molar-refractivity contribution is -0.115. The number of rotatable bonds is 3. The summed E-state index contributed by atoms with van der Waals surface area (Å²) in [6.07, 6.45) is 0.0422. The van der Waals surface area contributed by atoms with Gasteiger partial charge in [0.15, 0.2) is 5.82 Å². The monoisotopic (exact) mass is 298 g/mol. The van der Waals surface area contributed by atoms with Crippen LogP contribution in [0.4, 0.5) is 5.82 Å². The van der Waals surface area contributed by atoms with E-state index in [1.165, 1.54) is 4.68 Å². The molecule has 0 aliphatic heterocycles. The van der Waals surface area contributed by atoms with Crippen molar-refractivity contribution in [2.24, 2.45) is 7.05 Å². The molecule has 0 atom stereocenters. The van der Waals surface area contributed by atoms with Gasteiger partial charge >= 0.3 is 0 Å². The molecular formula is C15H14N4O3. The van der Waals surface area contributed by atoms with Crippen LogP contribution in [0.2, 0.25) is 0 Å². The second-order valence-electron chi connectivity index (χ2n) is 4.97. The van der Waals surface area contributed by atoms with Crippen LogP contribution in [0.3, 0.4) is 0 Å². The minimum Gasteiger partial charge on any atom is -0.360 e. The van der Waals surface area contributed by atoms with Crippen LogP contribution in [0, 0.1) is 6.92 Å². The number of carbonyl (C=O) groups excluding carboxylic acids is 1. The third kappa shape index (κ3) is 2.60. The summed E-state index contributed by atoms with van der Waals surface area (Å²) in [5.41, 5.74) is 0.349. The Morgan fingerprint density at radius 1 is 1.32 bits per heavy atom. The van der Waals surface area contributed by atoms with Gasteiger partial charge in [0.2, 0.25) is 5.91 Å². The van der Waals surface area contributed by atoms with E-state index in [2.05, 4.69) is 15.6 Å². The number of anilines is 1. The number of amides is 1. The minimum absolute atomic E-state index is 0.0422. The highest BCUT2D eigenvalue weighted by Crippen LogP contribution is 2.14. The number of nitrogens with zero attached hydrogens (tertiary/aromatic N) is 3. The largest absolute Gasteiger partial charge is 0.360 e. The molecule has 1 aromatic carbocycles. The summed E-state index contributed by atoms with van der Waals surface area (Å²) >= 11 is 0. The van der Waals surface area contributed by atoms with Gasteiger partial charge in [-0.25, -0.2) is 4.68 Å². The molecule has 0 radical (unpaired) electrons. The molecule has 112 valence electrons. The van der Waals surface area contributed by atoms with Gasteiger partial charge in [-0.05, 0) is 13.0 Å². The molecule has 3 rings (SSSR count). The van der Waals surface area contributed by atoms with E-state index in [1.807, 2.05) is 6.07 Å². The highest BCUT2D eigenvalue weighted by molar-refractivity contribution is 5.94. The molecule has 0 saturated heterocycles. The number of aromatic nitrogens is 3. The van der Waals surface area contributed by atoms with Crippen LogP contribution < -0.4 is 10.9 Å². The van der Waals surface area contributed by atoms with E-state index in [1.54, 1.807) is 38.2 Å². The second kappa shape index (κ2) is 5.44. The molecule has 1 amide bonds. The maximum Gasteiger partial charge on any atom is 0.274 e. The minimum atomic E-state index is -0.274. The predicted molar refractivity (Wildman–Crippen MR) is 80.6 cm³/mol. The van der Waals surface area contributed by atoms with Crippen molar-refractivity contribution in [2.45, 2.75) is 13.3 Å². The van der Waals surface area contributed by atoms with Crippen molar-refractivity contribution in [3.8, 4) is 0 Å². The van der Waals surface area contributed by atoms with Crippen molar-refractivity contribution in [3.05, 3.63) is 52.1 Å². The van der Waals surface area contributed by atoms with Gasteiger partial charge in [0.1, 0.15) is 5.76 Å². The third-order valence-electron chi connectivity index (χ3n) is 3.26. The van der Waals surface area contributed by atoms with E-state index in [0.717, 1.165) is 0 Å². The zero-order valence-electron chi connectivity index (χ0n) is 12.2. The normalized spacial score (nSPS) is 10.8. The maximum absolute atomic E-state index is 12.1. The average Bonchev–Trinajstić information content (AvgIpc) is 2.89. The summed E-state index contributed by atoms with van der Waals surface area (Å²) in [5.74, 6) is 0.696. The molecule has 2 aromatic heterocycles. The molecule has 3 aromatic rings. The molecular weight excluding hydrogens is 284 g/mol. The Bertz CT molecular complexity index is 911. The lowest BCUT2D eigenvalue weighted by Gasteiger charge is -2.07. The van der Waals surface area contributed by atoms with Crippen LogP contribution in [0.1, 0.15) is 11.5 Å². The highest BCUT2D eigenvalue weighted by atomic mass is 16.5. The molecule has 0 saturated carbocycles. The molecule has 22 heavy (non-hydrogen) atoms. The molecule has 7 nitrogen and oxygen atoms in total. The summed E-state index contributed by atoms with van der Waals surface area (Å²) in [6.45, 7) is 1.74. The Labute approximate surface area is 125 Å². The topological polar surface area (TPSA) is 90.0 Å². The van der Waals surface area contributed by atoms with Crippen molar-refractivity contribution in [1.29, 1.82) is 0 Å². The molecule has 1 N–H and O–H groups in total. The van der Waals surface area contributed by atoms with E-state index < -0.39 is 0 Å². The summed E-state index contributed by atoms with van der Waals surface area (Å²) in [6, 6.07) is 8.73. The third-order valence-corrected chi connectivity index (χ3v) is 3.26. The summed E-state index contributed by atoms with van der Waals surface area (Å²) < 4.78 is 6.14. The van der Waals surface area contributed by atoms with Crippen molar-refractivity contribution in [3.63, 3.8) is 0 Å². The summed E-state index contributed by atoms with van der Waals surface area (Å²) in [5, 5.41) is 11.8. The smallest absolute Gasteiger partial charge is 0.274 e. The van der Waals surface area contributed by atoms with Gasteiger partial charge < -0.3 is 9.84 Å². The second-order valence-corrected chi connectivity index (χ2v) is 4.97. The number of carbonyl (C=O) groups is 1. The molecule has 0 aliphatic carbocycles. The van der Waals surface area contributed by atoms with Gasteiger partial charge in [0.05, 0.1) is 17.5 Å². The molecule has 0 fully saturated rings. The first-order valence-electron chi connectivity index (χ1n) is 6.72. The van der Waals surface area contributed by atoms with Gasteiger partial charge in [-0.3, -0.25) is 9.59 Å². The fourth-order valence-electron chi connectivity index (χ4n) is 2.27. The van der Waals surface area contributed by atoms with Gasteiger partial charge in [-0.15, -0.1) is 0 Å². The van der Waals surface area contributed by atoms with Crippen LogP contribution in [0.25, 0.3) is 10.8 Å². The Hall–Kier alpha value is -2.96. The number of benzene rings is 1. The van der Waals surface area contributed by atoms with Crippen LogP contribution >= 0.6 is 0 Å². The summed E-state index contributed by atoms with van der Waals surface area (Å²) in [4.78, 5) is 24.1. The molecule has 0 aliphatic rings. The number of fused-ring (bicyclic) bond motifs is 1. The lowest BCUT2D eigenvalue weighted by atomic mass is 10.1. The standard InChI is InChI=1S/C15H14N4O3/c1-9-7-13(18-22-9)16-14(20)8-12-10-5-3-4-6-11(10)15(21)19(2)17-12/h3-7H,8H2,1-2H3,(H,16,18,20). The van der Waals surface area contributed by atoms with Crippen molar-refractivity contribution in [2.75, 3.05) is 5.32 Å². The molecule has 0 bridgehead atoms. The molecule has 2 heterocycles. The molecule has 0 spiro atoms. The molecule has 0 unspecified atom stereocenters. The fraction of sp³-hybridized carbons (Fsp3) is 0.200. The lowest BCUT2D eigenvalue weighted by Crippen LogP contribution is -2.24. The maximum atomic E-state index is 12.1. The van der Waals surface area contributed by atoms with E-state index in [0.29, 0.717) is 28.0 Å². The van der Waals surface area contributed by atoms with Crippen LogP contribution in [-0.2, 0) is 18.3 Å². The predicted octanol–water partition coefficient (Wildman–Crippen LogP) is 1.41. The van der Waals surface area contributed by atoms with Gasteiger partial charge in [0, 0.05) is 18.5 Å². The first kappa shape index (κ1) is 14.0. The summed E-state index contributed by atoms with van der Waals surface area (Å²) in [7, 11) is 1.57. The number of aryl methyl sites for hydroxylation is 2. The Morgan fingerprint density at radius 3 is 2.73 bits per heavy atom. The van der Waals surface area contributed by atoms with Crippen LogP contribution in [-0.4, -0.2) is 20.8 Å². The van der Waals surface area contributed by atoms with Gasteiger partial charge in [-0.1, -0.05) is 23.4 Å². The van der Waals surface area contributed by atoms with Crippen molar-refractivity contribution < 1.29 is 9.32 Å². The average molecular weight is 298 g/mol. The Kier molecular flexibility index (Phi) is 3.46. The van der Waals surface area contributed by atoms with E-state index in [9.17, 15) is 9.59 Å². The number of hydrogen-bond acceptors (Lipinski definition) is 5. The van der Waals surface area contributed by atoms with E-state index in [-0.39, 0.29) is 17.9 Å². The first-order chi connectivity index (χ1) is 10.5. The van der Waals surface area contributed by atoms with Gasteiger partial charge in [-0.2, -0.15) is 5.10 Å². The quantitative estimate of drug-likeness (QED) is 0.789. The first-order valence-corrected chi connectivity index (χ1v) is 6.72. The number of nitrogens with one attached hydrogen (secondary N) is 1. The van der Waals surface area contributed by atoms with Gasteiger partial charge in [0.25, 0.3) is 5.56 Å². The SMILES string of the molecule is Cc1cc(NC(=O)Cc2nn(C)c(=O)c3ccccc23)no1. The Balaban J connectivity index is 1.92. The number of hydrogen-bond donors (Lipinski definition) is 1. The fourth-order valence-corrected chi connectivity index (χ4v) is 2.27. The Morgan fingerprint density at radius 2 is 2.05 bits per heavy atom. The zero-order chi connectivity index (χ0) is 15.7. The zero-order valence-corrected chi connectivity index (χ0v) is 12.2. The van der Waals surface area contributed by atoms with Crippen LogP contribution in [0.15, 0.2) is 39.6 Å². The van der Waals surface area contributed by atoms with E-state index in [4.69, 9.17) is 4.52 Å². The van der Waals surface area contributed by atoms with E-state index >= 15 is 0 Å². The highest BCUT2D eigenvalue weighted by Gasteiger charge is 2.13. The van der Waals surface area contributed by atoms with Crippen LogP contribution in [0.5, 0.6) is 0 Å². The van der Waals surface area contributed by atoms with Crippen molar-refractivity contribution >= 4 is 22.5 Å². The van der Waals surface area contributed by atoms with Crippen molar-refractivity contribution in [1.82, 2.24) is 14.9 Å². The molecule has 7 heteroatoms.